The zero-order valence-corrected chi connectivity index (χ0v) is 12.1. The van der Waals surface area contributed by atoms with Crippen LogP contribution in [0.15, 0.2) is 0 Å². The second kappa shape index (κ2) is 5.88. The van der Waals surface area contributed by atoms with Crippen molar-refractivity contribution in [2.75, 3.05) is 13.6 Å². The molecule has 1 unspecified atom stereocenters. The fraction of sp³-hybridized carbons (Fsp3) is 0.538. The van der Waals surface area contributed by atoms with Crippen molar-refractivity contribution in [3.8, 4) is 0 Å². The van der Waals surface area contributed by atoms with Crippen LogP contribution in [0.25, 0.3) is 0 Å². The van der Waals surface area contributed by atoms with E-state index >= 15 is 0 Å². The SMILES string of the molecule is CC(=O)c1c(C)[nH]c(C(=O)N(C)CC(O)C(F)(F)F)c1C. The monoisotopic (exact) mass is 306 g/mol. The molecule has 1 amide bonds. The summed E-state index contributed by atoms with van der Waals surface area (Å²) in [6, 6.07) is 0. The highest BCUT2D eigenvalue weighted by Crippen LogP contribution is 2.22. The van der Waals surface area contributed by atoms with Crippen LogP contribution < -0.4 is 0 Å². The van der Waals surface area contributed by atoms with E-state index < -0.39 is 24.7 Å². The summed E-state index contributed by atoms with van der Waals surface area (Å²) in [5.41, 5.74) is 1.27. The highest BCUT2D eigenvalue weighted by Gasteiger charge is 2.39. The van der Waals surface area contributed by atoms with Crippen LogP contribution >= 0.6 is 0 Å². The number of aliphatic hydroxyl groups excluding tert-OH is 1. The fourth-order valence-electron chi connectivity index (χ4n) is 2.13. The summed E-state index contributed by atoms with van der Waals surface area (Å²) >= 11 is 0. The molecule has 0 saturated heterocycles. The van der Waals surface area contributed by atoms with Gasteiger partial charge in [0.1, 0.15) is 5.69 Å². The number of halogens is 3. The summed E-state index contributed by atoms with van der Waals surface area (Å²) in [6.07, 6.45) is -7.41. The van der Waals surface area contributed by atoms with Crippen molar-refractivity contribution in [3.05, 3.63) is 22.5 Å². The van der Waals surface area contributed by atoms with E-state index in [1.54, 1.807) is 13.8 Å². The molecule has 1 heterocycles. The first kappa shape index (κ1) is 17.2. The number of likely N-dealkylation sites (N-methyl/N-ethyl adjacent to an activating group) is 1. The molecule has 8 heteroatoms. The van der Waals surface area contributed by atoms with Gasteiger partial charge < -0.3 is 15.0 Å². The van der Waals surface area contributed by atoms with Crippen molar-refractivity contribution in [1.82, 2.24) is 9.88 Å². The number of aryl methyl sites for hydroxylation is 1. The number of amides is 1. The predicted molar refractivity (Wildman–Crippen MR) is 69.3 cm³/mol. The van der Waals surface area contributed by atoms with E-state index in [-0.39, 0.29) is 11.5 Å². The smallest absolute Gasteiger partial charge is 0.382 e. The van der Waals surface area contributed by atoms with Crippen molar-refractivity contribution < 1.29 is 27.9 Å². The van der Waals surface area contributed by atoms with Crippen LogP contribution in [-0.4, -0.2) is 52.6 Å². The molecule has 0 aliphatic heterocycles. The van der Waals surface area contributed by atoms with Gasteiger partial charge in [0.15, 0.2) is 11.9 Å². The molecule has 0 bridgehead atoms. The average molecular weight is 306 g/mol. The number of aliphatic hydroxyl groups is 1. The average Bonchev–Trinajstić information content (AvgIpc) is 2.62. The Hall–Kier alpha value is -1.83. The van der Waals surface area contributed by atoms with E-state index in [4.69, 9.17) is 5.11 Å². The van der Waals surface area contributed by atoms with Gasteiger partial charge in [0, 0.05) is 18.3 Å². The van der Waals surface area contributed by atoms with Crippen molar-refractivity contribution >= 4 is 11.7 Å². The number of rotatable bonds is 4. The minimum absolute atomic E-state index is 0.0505. The van der Waals surface area contributed by atoms with Gasteiger partial charge in [-0.25, -0.2) is 0 Å². The molecule has 0 radical (unpaired) electrons. The molecule has 0 saturated carbocycles. The normalized spacial score (nSPS) is 13.1. The lowest BCUT2D eigenvalue weighted by molar-refractivity contribution is -0.205. The number of H-pyrrole nitrogens is 1. The Bertz CT molecular complexity index is 564. The molecule has 118 valence electrons. The maximum Gasteiger partial charge on any atom is 0.416 e. The number of Topliss-reactive ketones (excluding diaryl/α,β-unsaturated/α-hetero) is 1. The van der Waals surface area contributed by atoms with E-state index in [1.165, 1.54) is 6.92 Å². The number of hydrogen-bond donors (Lipinski definition) is 2. The molecule has 5 nitrogen and oxygen atoms in total. The Balaban J connectivity index is 2.99. The van der Waals surface area contributed by atoms with Crippen molar-refractivity contribution in [1.29, 1.82) is 0 Å². The van der Waals surface area contributed by atoms with E-state index in [2.05, 4.69) is 4.98 Å². The fourth-order valence-corrected chi connectivity index (χ4v) is 2.13. The zero-order chi connectivity index (χ0) is 16.5. The largest absolute Gasteiger partial charge is 0.416 e. The Labute approximate surface area is 119 Å². The van der Waals surface area contributed by atoms with E-state index in [1.807, 2.05) is 0 Å². The number of carbonyl (C=O) groups excluding carboxylic acids is 2. The minimum atomic E-state index is -4.79. The van der Waals surface area contributed by atoms with Gasteiger partial charge in [0.25, 0.3) is 5.91 Å². The topological polar surface area (TPSA) is 73.4 Å². The Morgan fingerprint density at radius 2 is 1.86 bits per heavy atom. The van der Waals surface area contributed by atoms with Gasteiger partial charge in [-0.05, 0) is 26.3 Å². The molecule has 0 aliphatic carbocycles. The van der Waals surface area contributed by atoms with E-state index in [0.717, 1.165) is 11.9 Å². The first-order valence-electron chi connectivity index (χ1n) is 6.17. The lowest BCUT2D eigenvalue weighted by Crippen LogP contribution is -2.42. The minimum Gasteiger partial charge on any atom is -0.382 e. The number of carbonyl (C=O) groups is 2. The van der Waals surface area contributed by atoms with Crippen LogP contribution in [0.1, 0.15) is 39.0 Å². The van der Waals surface area contributed by atoms with Crippen LogP contribution in [0, 0.1) is 13.8 Å². The molecular weight excluding hydrogens is 289 g/mol. The third-order valence-electron chi connectivity index (χ3n) is 3.17. The molecule has 1 atom stereocenters. The van der Waals surface area contributed by atoms with Gasteiger partial charge in [-0.1, -0.05) is 0 Å². The van der Waals surface area contributed by atoms with Gasteiger partial charge in [-0.15, -0.1) is 0 Å². The summed E-state index contributed by atoms with van der Waals surface area (Å²) in [5.74, 6) is -0.954. The summed E-state index contributed by atoms with van der Waals surface area (Å²) in [6.45, 7) is 3.61. The van der Waals surface area contributed by atoms with Gasteiger partial charge in [-0.3, -0.25) is 9.59 Å². The molecule has 0 aromatic carbocycles. The predicted octanol–water partition coefficient (Wildman–Crippen LogP) is 1.83. The van der Waals surface area contributed by atoms with E-state index in [0.29, 0.717) is 16.8 Å². The standard InChI is InChI=1S/C13H17F3N2O3/c1-6-10(8(3)19)7(2)17-11(6)12(21)18(4)5-9(20)13(14,15)16/h9,17,20H,5H2,1-4H3. The van der Waals surface area contributed by atoms with Gasteiger partial charge in [-0.2, -0.15) is 13.2 Å². The molecule has 1 rings (SSSR count). The molecule has 0 spiro atoms. The molecule has 1 aromatic rings. The van der Waals surface area contributed by atoms with Gasteiger partial charge in [0.05, 0.1) is 6.54 Å². The highest BCUT2D eigenvalue weighted by molar-refractivity contribution is 6.02. The Kier molecular flexibility index (Phi) is 4.83. The van der Waals surface area contributed by atoms with E-state index in [9.17, 15) is 22.8 Å². The van der Waals surface area contributed by atoms with Crippen LogP contribution in [-0.2, 0) is 0 Å². The Morgan fingerprint density at radius 3 is 2.24 bits per heavy atom. The quantitative estimate of drug-likeness (QED) is 0.834. The second-order valence-corrected chi connectivity index (χ2v) is 4.92. The molecule has 21 heavy (non-hydrogen) atoms. The second-order valence-electron chi connectivity index (χ2n) is 4.92. The first-order valence-corrected chi connectivity index (χ1v) is 6.17. The molecule has 0 fully saturated rings. The van der Waals surface area contributed by atoms with Crippen LogP contribution in [0.5, 0.6) is 0 Å². The van der Waals surface area contributed by atoms with Gasteiger partial charge >= 0.3 is 6.18 Å². The number of aromatic amines is 1. The number of nitrogens with one attached hydrogen (secondary N) is 1. The Morgan fingerprint density at radius 1 is 1.33 bits per heavy atom. The molecule has 0 aliphatic rings. The maximum absolute atomic E-state index is 12.3. The highest BCUT2D eigenvalue weighted by atomic mass is 19.4. The summed E-state index contributed by atoms with van der Waals surface area (Å²) in [4.78, 5) is 27.1. The molecule has 2 N–H and O–H groups in total. The summed E-state index contributed by atoms with van der Waals surface area (Å²) < 4.78 is 36.9. The number of alkyl halides is 3. The lowest BCUT2D eigenvalue weighted by atomic mass is 10.1. The van der Waals surface area contributed by atoms with Gasteiger partial charge in [0.2, 0.25) is 0 Å². The summed E-state index contributed by atoms with van der Waals surface area (Å²) in [5, 5.41) is 8.99. The third kappa shape index (κ3) is 3.63. The van der Waals surface area contributed by atoms with Crippen LogP contribution in [0.4, 0.5) is 13.2 Å². The first-order chi connectivity index (χ1) is 9.46. The third-order valence-corrected chi connectivity index (χ3v) is 3.17. The number of ketones is 1. The van der Waals surface area contributed by atoms with Crippen molar-refractivity contribution in [3.63, 3.8) is 0 Å². The zero-order valence-electron chi connectivity index (χ0n) is 12.1. The van der Waals surface area contributed by atoms with Crippen molar-refractivity contribution in [2.24, 2.45) is 0 Å². The molecule has 1 aromatic heterocycles. The number of aromatic nitrogens is 1. The number of hydrogen-bond acceptors (Lipinski definition) is 3. The van der Waals surface area contributed by atoms with Crippen LogP contribution in [0.3, 0.4) is 0 Å². The van der Waals surface area contributed by atoms with Crippen molar-refractivity contribution in [2.45, 2.75) is 33.1 Å². The summed E-state index contributed by atoms with van der Waals surface area (Å²) in [7, 11) is 1.15. The number of nitrogens with zero attached hydrogens (tertiary/aromatic N) is 1. The van der Waals surface area contributed by atoms with Crippen LogP contribution in [0.2, 0.25) is 0 Å². The molecular formula is C13H17F3N2O3. The maximum atomic E-state index is 12.3. The lowest BCUT2D eigenvalue weighted by Gasteiger charge is -2.22.